The third-order valence-corrected chi connectivity index (χ3v) is 2.79. The lowest BCUT2D eigenvalue weighted by Gasteiger charge is -2.34. The van der Waals surface area contributed by atoms with E-state index in [-0.39, 0.29) is 0 Å². The largest absolute Gasteiger partial charge is 0.311 e. The van der Waals surface area contributed by atoms with E-state index >= 15 is 0 Å². The van der Waals surface area contributed by atoms with Gasteiger partial charge in [-0.3, -0.25) is 0 Å². The van der Waals surface area contributed by atoms with E-state index in [9.17, 15) is 0 Å². The highest BCUT2D eigenvalue weighted by atomic mass is 15.0. The molecule has 0 bridgehead atoms. The monoisotopic (exact) mass is 157 g/mol. The maximum absolute atomic E-state index is 3.59. The summed E-state index contributed by atoms with van der Waals surface area (Å²) in [7, 11) is 0. The molecular formula is C10H23N. The topological polar surface area (TPSA) is 12.0 Å². The highest BCUT2D eigenvalue weighted by molar-refractivity contribution is 4.84. The fourth-order valence-corrected chi connectivity index (χ4v) is 1.15. The van der Waals surface area contributed by atoms with E-state index in [1.54, 1.807) is 0 Å². The van der Waals surface area contributed by atoms with E-state index < -0.39 is 0 Å². The van der Waals surface area contributed by atoms with Gasteiger partial charge in [-0.2, -0.15) is 0 Å². The van der Waals surface area contributed by atoms with E-state index in [1.165, 1.54) is 12.8 Å². The lowest BCUT2D eigenvalue weighted by atomic mass is 9.86. The van der Waals surface area contributed by atoms with Gasteiger partial charge in [-0.25, -0.2) is 0 Å². The van der Waals surface area contributed by atoms with Crippen molar-refractivity contribution in [3.05, 3.63) is 0 Å². The van der Waals surface area contributed by atoms with Gasteiger partial charge in [0.2, 0.25) is 0 Å². The van der Waals surface area contributed by atoms with Crippen molar-refractivity contribution in [3.63, 3.8) is 0 Å². The molecule has 11 heavy (non-hydrogen) atoms. The quantitative estimate of drug-likeness (QED) is 0.647. The van der Waals surface area contributed by atoms with Gasteiger partial charge in [0, 0.05) is 5.54 Å². The molecule has 0 radical (unpaired) electrons. The van der Waals surface area contributed by atoms with Crippen LogP contribution in [0.1, 0.15) is 47.5 Å². The highest BCUT2D eigenvalue weighted by Crippen LogP contribution is 2.19. The minimum atomic E-state index is 0.343. The van der Waals surface area contributed by atoms with Gasteiger partial charge in [0.05, 0.1) is 0 Å². The Balaban J connectivity index is 3.88. The van der Waals surface area contributed by atoms with E-state index in [4.69, 9.17) is 0 Å². The van der Waals surface area contributed by atoms with Crippen molar-refractivity contribution in [2.45, 2.75) is 53.0 Å². The summed E-state index contributed by atoms with van der Waals surface area (Å²) < 4.78 is 0. The van der Waals surface area contributed by atoms with Gasteiger partial charge in [-0.1, -0.05) is 27.7 Å². The normalized spacial score (nSPS) is 16.9. The SMILES string of the molecule is CCCNC(C)(CC)C(C)C. The summed E-state index contributed by atoms with van der Waals surface area (Å²) in [5, 5.41) is 3.59. The Labute approximate surface area is 71.6 Å². The van der Waals surface area contributed by atoms with Crippen LogP contribution in [0.2, 0.25) is 0 Å². The molecule has 68 valence electrons. The minimum Gasteiger partial charge on any atom is -0.311 e. The first kappa shape index (κ1) is 11.0. The number of hydrogen-bond acceptors (Lipinski definition) is 1. The zero-order chi connectivity index (χ0) is 8.91. The zero-order valence-electron chi connectivity index (χ0n) is 8.70. The van der Waals surface area contributed by atoms with Crippen LogP contribution in [-0.4, -0.2) is 12.1 Å². The minimum absolute atomic E-state index is 0.343. The molecule has 0 aromatic rings. The number of nitrogens with one attached hydrogen (secondary N) is 1. The summed E-state index contributed by atoms with van der Waals surface area (Å²) >= 11 is 0. The second kappa shape index (κ2) is 4.76. The van der Waals surface area contributed by atoms with Gasteiger partial charge in [-0.15, -0.1) is 0 Å². The maximum atomic E-state index is 3.59. The first-order valence-electron chi connectivity index (χ1n) is 4.81. The van der Waals surface area contributed by atoms with Crippen LogP contribution < -0.4 is 5.32 Å². The van der Waals surface area contributed by atoms with Crippen LogP contribution in [0.4, 0.5) is 0 Å². The average molecular weight is 157 g/mol. The van der Waals surface area contributed by atoms with Crippen LogP contribution in [-0.2, 0) is 0 Å². The molecule has 0 aromatic carbocycles. The van der Waals surface area contributed by atoms with Gasteiger partial charge < -0.3 is 5.32 Å². The van der Waals surface area contributed by atoms with Crippen molar-refractivity contribution in [3.8, 4) is 0 Å². The highest BCUT2D eigenvalue weighted by Gasteiger charge is 2.24. The smallest absolute Gasteiger partial charge is 0.0173 e. The van der Waals surface area contributed by atoms with Crippen LogP contribution in [0, 0.1) is 5.92 Å². The molecule has 0 rings (SSSR count). The maximum Gasteiger partial charge on any atom is 0.0173 e. The standard InChI is InChI=1S/C10H23N/c1-6-8-11-10(5,7-2)9(3)4/h9,11H,6-8H2,1-5H3. The second-order valence-corrected chi connectivity index (χ2v) is 3.85. The van der Waals surface area contributed by atoms with E-state index in [0.717, 1.165) is 12.5 Å². The van der Waals surface area contributed by atoms with Crippen molar-refractivity contribution in [2.24, 2.45) is 5.92 Å². The Morgan fingerprint density at radius 3 is 2.09 bits per heavy atom. The lowest BCUT2D eigenvalue weighted by Crippen LogP contribution is -2.46. The summed E-state index contributed by atoms with van der Waals surface area (Å²) in [6, 6.07) is 0. The molecule has 1 unspecified atom stereocenters. The van der Waals surface area contributed by atoms with Crippen molar-refractivity contribution in [1.29, 1.82) is 0 Å². The third-order valence-electron chi connectivity index (χ3n) is 2.79. The molecule has 1 N–H and O–H groups in total. The summed E-state index contributed by atoms with van der Waals surface area (Å²) in [4.78, 5) is 0. The molecule has 0 aliphatic rings. The predicted molar refractivity (Wildman–Crippen MR) is 51.8 cm³/mol. The summed E-state index contributed by atoms with van der Waals surface area (Å²) in [6.07, 6.45) is 2.44. The van der Waals surface area contributed by atoms with Gasteiger partial charge >= 0.3 is 0 Å². The second-order valence-electron chi connectivity index (χ2n) is 3.85. The molecule has 0 heterocycles. The third kappa shape index (κ3) is 3.24. The molecule has 0 aromatic heterocycles. The number of rotatable bonds is 5. The van der Waals surface area contributed by atoms with Gasteiger partial charge in [-0.05, 0) is 32.2 Å². The van der Waals surface area contributed by atoms with Crippen LogP contribution in [0.5, 0.6) is 0 Å². The Bertz CT molecular complexity index is 99.0. The van der Waals surface area contributed by atoms with Crippen molar-refractivity contribution >= 4 is 0 Å². The predicted octanol–water partition coefficient (Wildman–Crippen LogP) is 2.81. The van der Waals surface area contributed by atoms with E-state index in [2.05, 4.69) is 39.9 Å². The molecule has 0 aliphatic heterocycles. The van der Waals surface area contributed by atoms with Crippen molar-refractivity contribution < 1.29 is 0 Å². The summed E-state index contributed by atoms with van der Waals surface area (Å²) in [5.41, 5.74) is 0.343. The Hall–Kier alpha value is -0.0400. The molecule has 0 saturated heterocycles. The molecule has 0 aliphatic carbocycles. The summed E-state index contributed by atoms with van der Waals surface area (Å²) in [5.74, 6) is 0.721. The molecule has 0 amide bonds. The first-order valence-corrected chi connectivity index (χ1v) is 4.81. The van der Waals surface area contributed by atoms with Gasteiger partial charge in [0.25, 0.3) is 0 Å². The first-order chi connectivity index (χ1) is 5.06. The van der Waals surface area contributed by atoms with Crippen LogP contribution in [0.15, 0.2) is 0 Å². The van der Waals surface area contributed by atoms with E-state index in [0.29, 0.717) is 5.54 Å². The molecule has 0 fully saturated rings. The van der Waals surface area contributed by atoms with Crippen LogP contribution >= 0.6 is 0 Å². The molecule has 1 heteroatoms. The molecule has 0 spiro atoms. The Kier molecular flexibility index (Phi) is 4.74. The molecule has 1 nitrogen and oxygen atoms in total. The van der Waals surface area contributed by atoms with Crippen molar-refractivity contribution in [1.82, 2.24) is 5.32 Å². The average Bonchev–Trinajstić information content (AvgIpc) is 2.00. The van der Waals surface area contributed by atoms with E-state index in [1.807, 2.05) is 0 Å². The van der Waals surface area contributed by atoms with Gasteiger partial charge in [0.1, 0.15) is 0 Å². The molecule has 0 saturated carbocycles. The van der Waals surface area contributed by atoms with Crippen LogP contribution in [0.25, 0.3) is 0 Å². The van der Waals surface area contributed by atoms with Gasteiger partial charge in [0.15, 0.2) is 0 Å². The molecule has 1 atom stereocenters. The zero-order valence-corrected chi connectivity index (χ0v) is 8.70. The molecular weight excluding hydrogens is 134 g/mol. The Morgan fingerprint density at radius 1 is 1.27 bits per heavy atom. The Morgan fingerprint density at radius 2 is 1.82 bits per heavy atom. The lowest BCUT2D eigenvalue weighted by molar-refractivity contribution is 0.252. The summed E-state index contributed by atoms with van der Waals surface area (Å²) in [6.45, 7) is 12.5. The van der Waals surface area contributed by atoms with Crippen molar-refractivity contribution in [2.75, 3.05) is 6.54 Å². The number of hydrogen-bond donors (Lipinski definition) is 1. The fourth-order valence-electron chi connectivity index (χ4n) is 1.15. The van der Waals surface area contributed by atoms with Crippen LogP contribution in [0.3, 0.4) is 0 Å². The fraction of sp³-hybridized carbons (Fsp3) is 1.00.